The molecule has 0 aliphatic rings. The molecule has 9 heteroatoms. The number of rotatable bonds is 2. The third-order valence-corrected chi connectivity index (χ3v) is 3.04. The van der Waals surface area contributed by atoms with E-state index in [1.807, 2.05) is 0 Å². The first kappa shape index (κ1) is 11.8. The van der Waals surface area contributed by atoms with Gasteiger partial charge in [-0.15, -0.1) is 0 Å². The van der Waals surface area contributed by atoms with Gasteiger partial charge >= 0.3 is 10.2 Å². The van der Waals surface area contributed by atoms with Crippen LogP contribution in [0.5, 0.6) is 0 Å². The molecule has 0 aliphatic heterocycles. The van der Waals surface area contributed by atoms with Crippen LogP contribution >= 0.6 is 10.2 Å². The first-order chi connectivity index (χ1) is 7.56. The Labute approximate surface area is 92.6 Å². The smallest absolute Gasteiger partial charge is 0.236 e. The first-order valence-corrected chi connectivity index (χ1v) is 6.21. The zero-order valence-corrected chi connectivity index (χ0v) is 8.92. The summed E-state index contributed by atoms with van der Waals surface area (Å²) in [6, 6.07) is 2.66. The van der Waals surface area contributed by atoms with Gasteiger partial charge in [-0.05, 0) is 18.2 Å². The van der Waals surface area contributed by atoms with E-state index in [0.717, 1.165) is 10.7 Å². The van der Waals surface area contributed by atoms with Gasteiger partial charge in [0.2, 0.25) is 0 Å². The lowest BCUT2D eigenvalue weighted by molar-refractivity contribution is 0.363. The number of hydrogen-bond acceptors (Lipinski definition) is 2. The standard InChI is InChI=1S/C8H6F5N3S/c9-17(10,11,12,13)7-2-3-8(14-6-7)16-5-1-4-15-16/h1-6H. The average Bonchev–Trinajstić information content (AvgIpc) is 2.67. The second kappa shape index (κ2) is 2.78. The Bertz CT molecular complexity index is 531. The maximum Gasteiger partial charge on any atom is 0.311 e. The quantitative estimate of drug-likeness (QED) is 0.775. The first-order valence-electron chi connectivity index (χ1n) is 4.26. The number of pyridine rings is 1. The molecule has 0 aromatic carbocycles. The van der Waals surface area contributed by atoms with Crippen LogP contribution in [0.4, 0.5) is 19.4 Å². The molecule has 0 radical (unpaired) electrons. The van der Waals surface area contributed by atoms with Crippen molar-refractivity contribution in [1.82, 2.24) is 14.8 Å². The van der Waals surface area contributed by atoms with Crippen molar-refractivity contribution in [3.63, 3.8) is 0 Å². The van der Waals surface area contributed by atoms with Gasteiger partial charge in [0.1, 0.15) is 4.90 Å². The highest BCUT2D eigenvalue weighted by Gasteiger charge is 2.65. The lowest BCUT2D eigenvalue weighted by atomic mass is 10.5. The predicted octanol–water partition coefficient (Wildman–Crippen LogP) is 3.92. The van der Waals surface area contributed by atoms with Crippen molar-refractivity contribution >= 4 is 10.2 Å². The molecule has 0 saturated carbocycles. The molecule has 17 heavy (non-hydrogen) atoms. The van der Waals surface area contributed by atoms with Gasteiger partial charge in [0.25, 0.3) is 0 Å². The predicted molar refractivity (Wildman–Crippen MR) is 52.8 cm³/mol. The fourth-order valence-corrected chi connectivity index (χ4v) is 1.72. The normalized spacial score (nSPS) is 16.3. The van der Waals surface area contributed by atoms with Crippen molar-refractivity contribution < 1.29 is 19.4 Å². The van der Waals surface area contributed by atoms with Crippen molar-refractivity contribution in [2.45, 2.75) is 4.90 Å². The second-order valence-electron chi connectivity index (χ2n) is 3.27. The minimum Gasteiger partial charge on any atom is -0.236 e. The molecule has 2 rings (SSSR count). The summed E-state index contributed by atoms with van der Waals surface area (Å²) in [7, 11) is -9.63. The highest BCUT2D eigenvalue weighted by atomic mass is 32.5. The van der Waals surface area contributed by atoms with Crippen LogP contribution in [-0.4, -0.2) is 14.8 Å². The van der Waals surface area contributed by atoms with E-state index < -0.39 is 15.1 Å². The maximum atomic E-state index is 12.4. The van der Waals surface area contributed by atoms with Crippen molar-refractivity contribution in [1.29, 1.82) is 0 Å². The summed E-state index contributed by atoms with van der Waals surface area (Å²) >= 11 is 0. The highest BCUT2D eigenvalue weighted by Crippen LogP contribution is 3.02. The maximum absolute atomic E-state index is 12.4. The molecule has 0 saturated heterocycles. The second-order valence-corrected chi connectivity index (χ2v) is 5.68. The molecule has 2 aromatic heterocycles. The molecule has 0 bridgehead atoms. The lowest BCUT2D eigenvalue weighted by Crippen LogP contribution is -2.07. The number of nitrogens with zero attached hydrogens (tertiary/aromatic N) is 3. The van der Waals surface area contributed by atoms with Crippen LogP contribution in [0.1, 0.15) is 0 Å². The van der Waals surface area contributed by atoms with Gasteiger partial charge in [0, 0.05) is 12.4 Å². The fourth-order valence-electron chi connectivity index (χ4n) is 1.14. The Morgan fingerprint density at radius 2 is 1.76 bits per heavy atom. The molecule has 2 aromatic rings. The van der Waals surface area contributed by atoms with E-state index in [9.17, 15) is 19.4 Å². The van der Waals surface area contributed by atoms with E-state index in [2.05, 4.69) is 10.1 Å². The molecule has 0 amide bonds. The van der Waals surface area contributed by atoms with E-state index in [4.69, 9.17) is 0 Å². The van der Waals surface area contributed by atoms with Gasteiger partial charge < -0.3 is 0 Å². The largest absolute Gasteiger partial charge is 0.311 e. The van der Waals surface area contributed by atoms with E-state index in [1.54, 1.807) is 0 Å². The van der Waals surface area contributed by atoms with Gasteiger partial charge in [-0.25, -0.2) is 9.67 Å². The van der Waals surface area contributed by atoms with Gasteiger partial charge in [-0.2, -0.15) is 5.10 Å². The van der Waals surface area contributed by atoms with Crippen molar-refractivity contribution in [2.24, 2.45) is 0 Å². The van der Waals surface area contributed by atoms with Crippen LogP contribution in [0.15, 0.2) is 41.7 Å². The third-order valence-electron chi connectivity index (χ3n) is 1.91. The summed E-state index contributed by atoms with van der Waals surface area (Å²) in [6.07, 6.45) is 2.93. The number of halogens is 5. The summed E-state index contributed by atoms with van der Waals surface area (Å²) < 4.78 is 63.0. The number of hydrogen-bond donors (Lipinski definition) is 0. The molecule has 0 unspecified atom stereocenters. The minimum absolute atomic E-state index is 0.0283. The Kier molecular flexibility index (Phi) is 1.94. The highest BCUT2D eigenvalue weighted by molar-refractivity contribution is 8.45. The van der Waals surface area contributed by atoms with Crippen molar-refractivity contribution in [2.75, 3.05) is 0 Å². The van der Waals surface area contributed by atoms with Crippen LogP contribution in [0.25, 0.3) is 5.82 Å². The van der Waals surface area contributed by atoms with Crippen molar-refractivity contribution in [3.05, 3.63) is 36.8 Å². The molecule has 0 N–H and O–H groups in total. The summed E-state index contributed by atoms with van der Waals surface area (Å²) in [6.45, 7) is 0. The zero-order chi connectivity index (χ0) is 12.8. The monoisotopic (exact) mass is 271 g/mol. The Balaban J connectivity index is 2.46. The van der Waals surface area contributed by atoms with E-state index in [1.165, 1.54) is 18.5 Å². The molecule has 0 atom stereocenters. The van der Waals surface area contributed by atoms with Gasteiger partial charge in [0.05, 0.1) is 6.20 Å². The summed E-state index contributed by atoms with van der Waals surface area (Å²) in [4.78, 5) is 1.29. The van der Waals surface area contributed by atoms with Crippen LogP contribution < -0.4 is 0 Å². The van der Waals surface area contributed by atoms with Crippen LogP contribution in [0.3, 0.4) is 0 Å². The Morgan fingerprint density at radius 3 is 2.18 bits per heavy atom. The number of aromatic nitrogens is 3. The van der Waals surface area contributed by atoms with Gasteiger partial charge in [0.15, 0.2) is 5.82 Å². The average molecular weight is 271 g/mol. The van der Waals surface area contributed by atoms with Crippen LogP contribution in [0, 0.1) is 0 Å². The topological polar surface area (TPSA) is 30.7 Å². The minimum atomic E-state index is -9.63. The molecule has 0 fully saturated rings. The molecule has 2 heterocycles. The molecule has 3 nitrogen and oxygen atoms in total. The molecule has 0 aliphatic carbocycles. The van der Waals surface area contributed by atoms with Gasteiger partial charge in [-0.1, -0.05) is 19.4 Å². The molecule has 0 spiro atoms. The Morgan fingerprint density at radius 1 is 1.06 bits per heavy atom. The van der Waals surface area contributed by atoms with E-state index >= 15 is 0 Å². The van der Waals surface area contributed by atoms with E-state index in [0.29, 0.717) is 6.07 Å². The molecule has 94 valence electrons. The fraction of sp³-hybridized carbons (Fsp3) is 0. The SMILES string of the molecule is FS(F)(F)(F)(F)c1ccc(-n2cccn2)nc1. The summed E-state index contributed by atoms with van der Waals surface area (Å²) in [5.74, 6) is 0.0283. The zero-order valence-electron chi connectivity index (χ0n) is 8.10. The Hall–Kier alpha value is -1.64. The summed E-state index contributed by atoms with van der Waals surface area (Å²) in [5, 5.41) is 3.71. The summed E-state index contributed by atoms with van der Waals surface area (Å²) in [5.41, 5.74) is 0. The molecular formula is C8H6F5N3S. The van der Waals surface area contributed by atoms with Crippen LogP contribution in [0.2, 0.25) is 0 Å². The van der Waals surface area contributed by atoms with Gasteiger partial charge in [-0.3, -0.25) is 0 Å². The van der Waals surface area contributed by atoms with Crippen LogP contribution in [-0.2, 0) is 0 Å². The third kappa shape index (κ3) is 2.54. The molecular weight excluding hydrogens is 265 g/mol. The lowest BCUT2D eigenvalue weighted by Gasteiger charge is -2.40. The van der Waals surface area contributed by atoms with E-state index in [-0.39, 0.29) is 12.0 Å². The van der Waals surface area contributed by atoms with Crippen molar-refractivity contribution in [3.8, 4) is 5.82 Å².